The van der Waals surface area contributed by atoms with Crippen LogP contribution in [-0.2, 0) is 4.79 Å². The van der Waals surface area contributed by atoms with Gasteiger partial charge in [0.2, 0.25) is 0 Å². The lowest BCUT2D eigenvalue weighted by molar-refractivity contribution is -0.138. The molecule has 0 aliphatic rings. The number of anilines is 1. The van der Waals surface area contributed by atoms with Crippen molar-refractivity contribution in [2.24, 2.45) is 0 Å². The summed E-state index contributed by atoms with van der Waals surface area (Å²) in [5.74, 6) is -1.64. The summed E-state index contributed by atoms with van der Waals surface area (Å²) in [6.07, 6.45) is 0. The third kappa shape index (κ3) is 1.90. The molecule has 1 atom stereocenters. The van der Waals surface area contributed by atoms with Crippen molar-refractivity contribution in [1.29, 1.82) is 0 Å². The van der Waals surface area contributed by atoms with Gasteiger partial charge in [-0.2, -0.15) is 0 Å². The van der Waals surface area contributed by atoms with Crippen LogP contribution in [0.1, 0.15) is 18.4 Å². The van der Waals surface area contributed by atoms with Crippen LogP contribution in [0.2, 0.25) is 0 Å². The third-order valence-corrected chi connectivity index (χ3v) is 1.91. The average molecular weight is 181 g/mol. The molecule has 0 fully saturated rings. The van der Waals surface area contributed by atoms with E-state index in [0.717, 1.165) is 0 Å². The summed E-state index contributed by atoms with van der Waals surface area (Å²) in [5.41, 5.74) is 6.37. The largest absolute Gasteiger partial charge is 0.508 e. The molecular formula is C9H11NO3. The monoisotopic (exact) mass is 181 g/mol. The van der Waals surface area contributed by atoms with E-state index in [-0.39, 0.29) is 5.75 Å². The highest BCUT2D eigenvalue weighted by molar-refractivity contribution is 5.78. The molecule has 0 aromatic heterocycles. The molecule has 0 saturated carbocycles. The van der Waals surface area contributed by atoms with Crippen molar-refractivity contribution in [3.63, 3.8) is 0 Å². The molecule has 1 unspecified atom stereocenters. The van der Waals surface area contributed by atoms with E-state index < -0.39 is 11.9 Å². The van der Waals surface area contributed by atoms with Gasteiger partial charge in [0.1, 0.15) is 5.75 Å². The van der Waals surface area contributed by atoms with Gasteiger partial charge in [0.25, 0.3) is 0 Å². The normalized spacial score (nSPS) is 12.4. The van der Waals surface area contributed by atoms with Crippen LogP contribution in [-0.4, -0.2) is 16.2 Å². The molecule has 0 saturated heterocycles. The van der Waals surface area contributed by atoms with E-state index in [1.807, 2.05) is 0 Å². The van der Waals surface area contributed by atoms with Crippen molar-refractivity contribution in [3.8, 4) is 5.75 Å². The highest BCUT2D eigenvalue weighted by Gasteiger charge is 2.16. The van der Waals surface area contributed by atoms with Gasteiger partial charge in [0.15, 0.2) is 0 Å². The number of aromatic hydroxyl groups is 1. The van der Waals surface area contributed by atoms with Crippen LogP contribution in [0.25, 0.3) is 0 Å². The molecule has 4 nitrogen and oxygen atoms in total. The van der Waals surface area contributed by atoms with Gasteiger partial charge < -0.3 is 15.9 Å². The summed E-state index contributed by atoms with van der Waals surface area (Å²) in [4.78, 5) is 10.6. The maximum absolute atomic E-state index is 10.6. The fraction of sp³-hybridized carbons (Fsp3) is 0.222. The molecule has 4 N–H and O–H groups in total. The SMILES string of the molecule is CC(C(=O)O)c1cc(O)ccc1N. The van der Waals surface area contributed by atoms with E-state index in [4.69, 9.17) is 15.9 Å². The van der Waals surface area contributed by atoms with Gasteiger partial charge in [-0.3, -0.25) is 4.79 Å². The summed E-state index contributed by atoms with van der Waals surface area (Å²) < 4.78 is 0. The number of phenolic OH excluding ortho intramolecular Hbond substituents is 1. The number of nitrogen functional groups attached to an aromatic ring is 1. The van der Waals surface area contributed by atoms with Crippen LogP contribution in [0.3, 0.4) is 0 Å². The van der Waals surface area contributed by atoms with Crippen LogP contribution < -0.4 is 5.73 Å². The van der Waals surface area contributed by atoms with E-state index in [9.17, 15) is 4.79 Å². The van der Waals surface area contributed by atoms with E-state index in [0.29, 0.717) is 11.3 Å². The van der Waals surface area contributed by atoms with E-state index in [1.165, 1.54) is 25.1 Å². The molecule has 1 rings (SSSR count). The van der Waals surface area contributed by atoms with Gasteiger partial charge in [-0.1, -0.05) is 0 Å². The number of carboxylic acids is 1. The number of phenols is 1. The molecule has 4 heteroatoms. The fourth-order valence-electron chi connectivity index (χ4n) is 1.07. The first-order valence-corrected chi connectivity index (χ1v) is 3.83. The number of aliphatic carboxylic acids is 1. The molecule has 13 heavy (non-hydrogen) atoms. The van der Waals surface area contributed by atoms with Crippen molar-refractivity contribution in [1.82, 2.24) is 0 Å². The third-order valence-electron chi connectivity index (χ3n) is 1.91. The van der Waals surface area contributed by atoms with Crippen LogP contribution in [0.4, 0.5) is 5.69 Å². The molecule has 1 aromatic carbocycles. The Balaban J connectivity index is 3.12. The van der Waals surface area contributed by atoms with Crippen LogP contribution in [0, 0.1) is 0 Å². The fourth-order valence-corrected chi connectivity index (χ4v) is 1.07. The van der Waals surface area contributed by atoms with Crippen molar-refractivity contribution in [2.75, 3.05) is 5.73 Å². The number of nitrogens with two attached hydrogens (primary N) is 1. The second kappa shape index (κ2) is 3.35. The van der Waals surface area contributed by atoms with E-state index >= 15 is 0 Å². The molecular weight excluding hydrogens is 170 g/mol. The highest BCUT2D eigenvalue weighted by atomic mass is 16.4. The first kappa shape index (κ1) is 9.38. The number of rotatable bonds is 2. The van der Waals surface area contributed by atoms with Crippen LogP contribution in [0.15, 0.2) is 18.2 Å². The zero-order chi connectivity index (χ0) is 10.0. The topological polar surface area (TPSA) is 83.5 Å². The summed E-state index contributed by atoms with van der Waals surface area (Å²) in [7, 11) is 0. The number of carbonyl (C=O) groups is 1. The van der Waals surface area contributed by atoms with Crippen molar-refractivity contribution >= 4 is 11.7 Å². The highest BCUT2D eigenvalue weighted by Crippen LogP contribution is 2.26. The number of carboxylic acid groups (broad SMARTS) is 1. The van der Waals surface area contributed by atoms with Gasteiger partial charge >= 0.3 is 5.97 Å². The predicted molar refractivity (Wildman–Crippen MR) is 48.6 cm³/mol. The minimum Gasteiger partial charge on any atom is -0.508 e. The number of hydrogen-bond donors (Lipinski definition) is 3. The Hall–Kier alpha value is -1.71. The summed E-state index contributed by atoms with van der Waals surface area (Å²) in [5, 5.41) is 17.8. The average Bonchev–Trinajstić information content (AvgIpc) is 2.08. The molecule has 0 bridgehead atoms. The molecule has 1 aromatic rings. The Bertz CT molecular complexity index is 336. The molecule has 0 heterocycles. The van der Waals surface area contributed by atoms with Crippen LogP contribution >= 0.6 is 0 Å². The summed E-state index contributed by atoms with van der Waals surface area (Å²) in [6.45, 7) is 1.52. The number of benzene rings is 1. The molecule has 0 aliphatic carbocycles. The molecule has 0 aliphatic heterocycles. The quantitative estimate of drug-likeness (QED) is 0.472. The Morgan fingerprint density at radius 3 is 2.69 bits per heavy atom. The van der Waals surface area contributed by atoms with E-state index in [2.05, 4.69) is 0 Å². The Labute approximate surface area is 75.6 Å². The van der Waals surface area contributed by atoms with Crippen molar-refractivity contribution in [2.45, 2.75) is 12.8 Å². The standard InChI is InChI=1S/C9H11NO3/c1-5(9(12)13)7-4-6(11)2-3-8(7)10/h2-5,11H,10H2,1H3,(H,12,13). The Morgan fingerprint density at radius 2 is 2.15 bits per heavy atom. The van der Waals surface area contributed by atoms with Gasteiger partial charge in [-0.15, -0.1) is 0 Å². The maximum Gasteiger partial charge on any atom is 0.310 e. The predicted octanol–water partition coefficient (Wildman–Crippen LogP) is 1.16. The lowest BCUT2D eigenvalue weighted by Gasteiger charge is -2.09. The van der Waals surface area contributed by atoms with Gasteiger partial charge in [0, 0.05) is 5.69 Å². The summed E-state index contributed by atoms with van der Waals surface area (Å²) in [6, 6.07) is 4.28. The summed E-state index contributed by atoms with van der Waals surface area (Å²) >= 11 is 0. The second-order valence-corrected chi connectivity index (χ2v) is 2.87. The van der Waals surface area contributed by atoms with Crippen molar-refractivity contribution in [3.05, 3.63) is 23.8 Å². The smallest absolute Gasteiger partial charge is 0.310 e. The molecule has 0 radical (unpaired) electrons. The lowest BCUT2D eigenvalue weighted by atomic mass is 9.99. The zero-order valence-corrected chi connectivity index (χ0v) is 7.19. The van der Waals surface area contributed by atoms with E-state index in [1.54, 1.807) is 0 Å². The molecule has 0 spiro atoms. The van der Waals surface area contributed by atoms with Gasteiger partial charge in [0.05, 0.1) is 5.92 Å². The molecule has 0 amide bonds. The molecule has 70 valence electrons. The minimum atomic E-state index is -0.961. The maximum atomic E-state index is 10.6. The van der Waals surface area contributed by atoms with Crippen molar-refractivity contribution < 1.29 is 15.0 Å². The first-order chi connectivity index (χ1) is 6.02. The number of hydrogen-bond acceptors (Lipinski definition) is 3. The Kier molecular flexibility index (Phi) is 2.41. The zero-order valence-electron chi connectivity index (χ0n) is 7.19. The Morgan fingerprint density at radius 1 is 1.54 bits per heavy atom. The van der Waals surface area contributed by atoms with Crippen LogP contribution in [0.5, 0.6) is 5.75 Å². The van der Waals surface area contributed by atoms with Gasteiger partial charge in [-0.25, -0.2) is 0 Å². The first-order valence-electron chi connectivity index (χ1n) is 3.83. The second-order valence-electron chi connectivity index (χ2n) is 2.87. The minimum absolute atomic E-state index is 0.0253. The van der Waals surface area contributed by atoms with Gasteiger partial charge in [-0.05, 0) is 30.7 Å². The lowest BCUT2D eigenvalue weighted by Crippen LogP contribution is -2.09.